The number of hydrogen-bond acceptors (Lipinski definition) is 3. The molecule has 3 nitrogen and oxygen atoms in total. The molecular formula is C18H22N2OS. The number of fused-ring (bicyclic) bond motifs is 1. The Bertz CT molecular complexity index is 717. The first kappa shape index (κ1) is 14.2. The number of thiophene rings is 1. The van der Waals surface area contributed by atoms with Gasteiger partial charge in [0.1, 0.15) is 0 Å². The van der Waals surface area contributed by atoms with Crippen LogP contribution in [0.1, 0.15) is 31.7 Å². The third-order valence-electron chi connectivity index (χ3n) is 5.77. The monoisotopic (exact) mass is 314 g/mol. The molecule has 1 aliphatic carbocycles. The quantitative estimate of drug-likeness (QED) is 0.913. The first-order chi connectivity index (χ1) is 10.6. The summed E-state index contributed by atoms with van der Waals surface area (Å²) in [6.45, 7) is 4.89. The average Bonchev–Trinajstić information content (AvgIpc) is 2.90. The molecule has 1 aromatic carbocycles. The van der Waals surface area contributed by atoms with E-state index < -0.39 is 0 Å². The van der Waals surface area contributed by atoms with Crippen LogP contribution >= 0.6 is 11.3 Å². The summed E-state index contributed by atoms with van der Waals surface area (Å²) in [4.78, 5) is 12.7. The fourth-order valence-electron chi connectivity index (χ4n) is 4.09. The van der Waals surface area contributed by atoms with Gasteiger partial charge in [0.05, 0.1) is 5.41 Å². The zero-order chi connectivity index (χ0) is 15.2. The number of nitrogens with one attached hydrogen (secondary N) is 2. The molecule has 1 amide bonds. The van der Waals surface area contributed by atoms with E-state index in [-0.39, 0.29) is 16.7 Å². The molecule has 0 radical (unpaired) electrons. The molecule has 4 heteroatoms. The average molecular weight is 314 g/mol. The Morgan fingerprint density at radius 1 is 1.32 bits per heavy atom. The van der Waals surface area contributed by atoms with Crippen LogP contribution in [0.15, 0.2) is 29.6 Å². The summed E-state index contributed by atoms with van der Waals surface area (Å²) >= 11 is 1.76. The van der Waals surface area contributed by atoms with E-state index in [2.05, 4.69) is 47.2 Å². The van der Waals surface area contributed by atoms with Crippen molar-refractivity contribution in [1.82, 2.24) is 10.6 Å². The van der Waals surface area contributed by atoms with Crippen molar-refractivity contribution in [3.05, 3.63) is 35.2 Å². The van der Waals surface area contributed by atoms with Crippen molar-refractivity contribution in [3.8, 4) is 0 Å². The van der Waals surface area contributed by atoms with Crippen LogP contribution in [-0.2, 0) is 11.3 Å². The molecule has 1 aliphatic heterocycles. The van der Waals surface area contributed by atoms with Crippen LogP contribution < -0.4 is 10.6 Å². The standard InChI is InChI=1S/C18H22N2OS/c1-17(12-18(17)5-7-19-8-6-18)16(21)20-11-13-2-3-15-14(10-13)4-9-22-15/h2-4,9-10,19H,5-8,11-12H2,1H3,(H,20,21). The minimum atomic E-state index is -0.151. The fraction of sp³-hybridized carbons (Fsp3) is 0.500. The molecule has 4 rings (SSSR count). The van der Waals surface area contributed by atoms with Gasteiger partial charge >= 0.3 is 0 Å². The van der Waals surface area contributed by atoms with Crippen molar-refractivity contribution in [1.29, 1.82) is 0 Å². The molecule has 1 atom stereocenters. The topological polar surface area (TPSA) is 41.1 Å². The maximum Gasteiger partial charge on any atom is 0.226 e. The highest BCUT2D eigenvalue weighted by Gasteiger charge is 2.67. The highest BCUT2D eigenvalue weighted by Crippen LogP contribution is 2.68. The van der Waals surface area contributed by atoms with E-state index in [0.29, 0.717) is 6.54 Å². The summed E-state index contributed by atoms with van der Waals surface area (Å²) in [5, 5.41) is 9.95. The largest absolute Gasteiger partial charge is 0.352 e. The number of piperidine rings is 1. The zero-order valence-electron chi connectivity index (χ0n) is 12.9. The predicted molar refractivity (Wildman–Crippen MR) is 90.9 cm³/mol. The van der Waals surface area contributed by atoms with Crippen LogP contribution in [0, 0.1) is 10.8 Å². The molecule has 1 aromatic heterocycles. The van der Waals surface area contributed by atoms with Gasteiger partial charge in [-0.25, -0.2) is 0 Å². The van der Waals surface area contributed by atoms with Gasteiger partial charge in [-0.1, -0.05) is 13.0 Å². The maximum atomic E-state index is 12.7. The molecule has 22 heavy (non-hydrogen) atoms. The molecule has 1 unspecified atom stereocenters. The lowest BCUT2D eigenvalue weighted by atomic mass is 9.85. The van der Waals surface area contributed by atoms with Gasteiger partial charge in [0, 0.05) is 11.2 Å². The lowest BCUT2D eigenvalue weighted by Gasteiger charge is -2.27. The minimum Gasteiger partial charge on any atom is -0.352 e. The van der Waals surface area contributed by atoms with Crippen molar-refractivity contribution in [2.75, 3.05) is 13.1 Å². The van der Waals surface area contributed by atoms with E-state index >= 15 is 0 Å². The molecule has 2 N–H and O–H groups in total. The normalized spacial score (nSPS) is 26.2. The lowest BCUT2D eigenvalue weighted by molar-refractivity contribution is -0.127. The van der Waals surface area contributed by atoms with Crippen LogP contribution in [0.3, 0.4) is 0 Å². The van der Waals surface area contributed by atoms with E-state index in [0.717, 1.165) is 32.4 Å². The van der Waals surface area contributed by atoms with E-state index in [9.17, 15) is 4.79 Å². The Morgan fingerprint density at radius 2 is 2.14 bits per heavy atom. The summed E-state index contributed by atoms with van der Waals surface area (Å²) in [6, 6.07) is 8.59. The van der Waals surface area contributed by atoms with E-state index in [1.807, 2.05) is 0 Å². The van der Waals surface area contributed by atoms with Crippen LogP contribution in [-0.4, -0.2) is 19.0 Å². The van der Waals surface area contributed by atoms with Crippen LogP contribution in [0.2, 0.25) is 0 Å². The summed E-state index contributed by atoms with van der Waals surface area (Å²) in [5.74, 6) is 0.236. The van der Waals surface area contributed by atoms with E-state index in [4.69, 9.17) is 0 Å². The zero-order valence-corrected chi connectivity index (χ0v) is 13.8. The van der Waals surface area contributed by atoms with E-state index in [1.165, 1.54) is 15.6 Å². The Labute approximate surface area is 135 Å². The van der Waals surface area contributed by atoms with Gasteiger partial charge in [-0.05, 0) is 72.3 Å². The van der Waals surface area contributed by atoms with Gasteiger partial charge < -0.3 is 10.6 Å². The number of carbonyl (C=O) groups excluding carboxylic acids is 1. The number of amides is 1. The molecule has 2 heterocycles. The van der Waals surface area contributed by atoms with Gasteiger partial charge in [0.15, 0.2) is 0 Å². The fourth-order valence-corrected chi connectivity index (χ4v) is 4.86. The van der Waals surface area contributed by atoms with Gasteiger partial charge in [0.2, 0.25) is 5.91 Å². The van der Waals surface area contributed by atoms with Gasteiger partial charge in [-0.3, -0.25) is 4.79 Å². The Hall–Kier alpha value is -1.39. The number of rotatable bonds is 3. The number of benzene rings is 1. The van der Waals surface area contributed by atoms with Crippen molar-refractivity contribution >= 4 is 27.3 Å². The van der Waals surface area contributed by atoms with Crippen molar-refractivity contribution in [2.24, 2.45) is 10.8 Å². The summed E-state index contributed by atoms with van der Waals surface area (Å²) in [7, 11) is 0. The minimum absolute atomic E-state index is 0.151. The molecule has 2 fully saturated rings. The van der Waals surface area contributed by atoms with Crippen molar-refractivity contribution < 1.29 is 4.79 Å². The third kappa shape index (κ3) is 2.17. The predicted octanol–water partition coefficient (Wildman–Crippen LogP) is 3.30. The molecule has 2 aromatic rings. The van der Waals surface area contributed by atoms with Crippen LogP contribution in [0.25, 0.3) is 10.1 Å². The summed E-state index contributed by atoms with van der Waals surface area (Å²) < 4.78 is 1.30. The SMILES string of the molecule is CC1(C(=O)NCc2ccc3sccc3c2)CC12CCNCC2. The second-order valence-electron chi connectivity index (χ2n) is 7.01. The third-order valence-corrected chi connectivity index (χ3v) is 6.67. The summed E-state index contributed by atoms with van der Waals surface area (Å²) in [5.41, 5.74) is 1.30. The highest BCUT2D eigenvalue weighted by atomic mass is 32.1. The molecular weight excluding hydrogens is 292 g/mol. The Balaban J connectivity index is 1.42. The number of carbonyl (C=O) groups is 1. The smallest absolute Gasteiger partial charge is 0.226 e. The molecule has 0 bridgehead atoms. The molecule has 2 aliphatic rings. The Morgan fingerprint density at radius 3 is 2.95 bits per heavy atom. The molecule has 1 spiro atoms. The van der Waals surface area contributed by atoms with Crippen molar-refractivity contribution in [2.45, 2.75) is 32.7 Å². The highest BCUT2D eigenvalue weighted by molar-refractivity contribution is 7.17. The molecule has 1 saturated carbocycles. The van der Waals surface area contributed by atoms with Gasteiger partial charge in [-0.15, -0.1) is 11.3 Å². The summed E-state index contributed by atoms with van der Waals surface area (Å²) in [6.07, 6.45) is 3.33. The van der Waals surface area contributed by atoms with Crippen LogP contribution in [0.5, 0.6) is 0 Å². The Kier molecular flexibility index (Phi) is 3.27. The van der Waals surface area contributed by atoms with Crippen LogP contribution in [0.4, 0.5) is 0 Å². The first-order valence-corrected chi connectivity index (χ1v) is 8.96. The van der Waals surface area contributed by atoms with Gasteiger partial charge in [-0.2, -0.15) is 0 Å². The maximum absolute atomic E-state index is 12.7. The second-order valence-corrected chi connectivity index (χ2v) is 7.96. The van der Waals surface area contributed by atoms with E-state index in [1.54, 1.807) is 11.3 Å². The first-order valence-electron chi connectivity index (χ1n) is 8.08. The lowest BCUT2D eigenvalue weighted by Crippen LogP contribution is -2.38. The van der Waals surface area contributed by atoms with Gasteiger partial charge in [0.25, 0.3) is 0 Å². The second kappa shape index (κ2) is 5.07. The molecule has 1 saturated heterocycles. The number of hydrogen-bond donors (Lipinski definition) is 2. The molecule has 116 valence electrons. The van der Waals surface area contributed by atoms with Crippen molar-refractivity contribution in [3.63, 3.8) is 0 Å².